The van der Waals surface area contributed by atoms with E-state index in [1.807, 2.05) is 0 Å². The number of rotatable bonds is 1. The number of nitro benzene ring substituents is 1. The molecule has 0 aromatic heterocycles. The van der Waals surface area contributed by atoms with Gasteiger partial charge in [-0.1, -0.05) is 11.6 Å². The second kappa shape index (κ2) is 3.53. The van der Waals surface area contributed by atoms with Crippen LogP contribution in [0.1, 0.15) is 0 Å². The minimum atomic E-state index is -0.649. The van der Waals surface area contributed by atoms with Crippen molar-refractivity contribution >= 4 is 39.9 Å². The summed E-state index contributed by atoms with van der Waals surface area (Å²) in [4.78, 5) is 9.63. The Balaban J connectivity index is 3.33. The van der Waals surface area contributed by atoms with Gasteiger partial charge in [0.1, 0.15) is 10.8 Å². The number of hydrogen-bond acceptors (Lipinski definition) is 2. The van der Waals surface area contributed by atoms with Crippen molar-refractivity contribution in [3.8, 4) is 0 Å². The highest BCUT2D eigenvalue weighted by molar-refractivity contribution is 14.1. The van der Waals surface area contributed by atoms with Crippen molar-refractivity contribution in [3.05, 3.63) is 36.7 Å². The lowest BCUT2D eigenvalue weighted by Gasteiger charge is -1.96. The van der Waals surface area contributed by atoms with Gasteiger partial charge in [-0.05, 0) is 22.6 Å². The van der Waals surface area contributed by atoms with E-state index in [0.29, 0.717) is 0 Å². The fourth-order valence-corrected chi connectivity index (χ4v) is 1.32. The molecule has 0 radical (unpaired) electrons. The first-order chi connectivity index (χ1) is 5.52. The molecule has 1 aromatic carbocycles. The number of benzene rings is 1. The molecule has 0 N–H and O–H groups in total. The van der Waals surface area contributed by atoms with Crippen molar-refractivity contribution < 1.29 is 9.31 Å². The molecular weight excluding hydrogens is 299 g/mol. The van der Waals surface area contributed by atoms with E-state index in [1.165, 1.54) is 0 Å². The molecule has 0 amide bonds. The molecule has 1 aromatic rings. The van der Waals surface area contributed by atoms with Crippen LogP contribution in [-0.2, 0) is 0 Å². The van der Waals surface area contributed by atoms with Gasteiger partial charge in [-0.25, -0.2) is 4.39 Å². The van der Waals surface area contributed by atoms with E-state index < -0.39 is 10.7 Å². The van der Waals surface area contributed by atoms with Crippen LogP contribution in [0.3, 0.4) is 0 Å². The molecule has 3 nitrogen and oxygen atoms in total. The summed E-state index contributed by atoms with van der Waals surface area (Å²) < 4.78 is 12.9. The first-order valence-electron chi connectivity index (χ1n) is 2.81. The van der Waals surface area contributed by atoms with Gasteiger partial charge in [-0.2, -0.15) is 0 Å². The van der Waals surface area contributed by atoms with Crippen LogP contribution in [0, 0.1) is 19.5 Å². The van der Waals surface area contributed by atoms with Gasteiger partial charge < -0.3 is 0 Å². The van der Waals surface area contributed by atoms with Crippen LogP contribution >= 0.6 is 34.2 Å². The molecule has 12 heavy (non-hydrogen) atoms. The van der Waals surface area contributed by atoms with E-state index in [0.717, 1.165) is 12.1 Å². The molecule has 0 saturated heterocycles. The first-order valence-corrected chi connectivity index (χ1v) is 4.27. The molecule has 0 unspecified atom stereocenters. The smallest absolute Gasteiger partial charge is 0.258 e. The van der Waals surface area contributed by atoms with Gasteiger partial charge in [0.2, 0.25) is 0 Å². The Morgan fingerprint density at radius 1 is 1.58 bits per heavy atom. The number of hydrogen-bond donors (Lipinski definition) is 0. The predicted octanol–water partition coefficient (Wildman–Crippen LogP) is 2.99. The second-order valence-corrected chi connectivity index (χ2v) is 3.54. The number of halogens is 3. The third kappa shape index (κ3) is 1.84. The Morgan fingerprint density at radius 2 is 2.17 bits per heavy atom. The van der Waals surface area contributed by atoms with Gasteiger partial charge in [0.25, 0.3) is 5.69 Å². The molecule has 0 aliphatic rings. The second-order valence-electron chi connectivity index (χ2n) is 1.97. The lowest BCUT2D eigenvalue weighted by molar-refractivity contribution is -0.384. The van der Waals surface area contributed by atoms with E-state index in [1.54, 1.807) is 22.6 Å². The minimum Gasteiger partial charge on any atom is -0.258 e. The molecule has 0 atom stereocenters. The van der Waals surface area contributed by atoms with Crippen LogP contribution in [0.25, 0.3) is 0 Å². The Kier molecular flexibility index (Phi) is 2.84. The standard InChI is InChI=1S/C6H2ClFINO2/c7-3-1-4(8)5(9)2-6(3)10(11)12/h1-2H. The molecule has 6 heteroatoms. The average molecular weight is 301 g/mol. The highest BCUT2D eigenvalue weighted by atomic mass is 127. The van der Waals surface area contributed by atoms with Crippen molar-refractivity contribution in [2.45, 2.75) is 0 Å². The van der Waals surface area contributed by atoms with Crippen LogP contribution in [-0.4, -0.2) is 4.92 Å². The zero-order valence-corrected chi connectivity index (χ0v) is 8.47. The van der Waals surface area contributed by atoms with Crippen molar-refractivity contribution in [1.29, 1.82) is 0 Å². The molecule has 64 valence electrons. The van der Waals surface area contributed by atoms with Crippen molar-refractivity contribution in [2.24, 2.45) is 0 Å². The SMILES string of the molecule is O=[N+]([O-])c1cc(I)c(F)cc1Cl. The van der Waals surface area contributed by atoms with Crippen molar-refractivity contribution in [2.75, 3.05) is 0 Å². The van der Waals surface area contributed by atoms with Crippen LogP contribution in [0.15, 0.2) is 12.1 Å². The summed E-state index contributed by atoms with van der Waals surface area (Å²) in [5, 5.41) is 10.1. The summed E-state index contributed by atoms with van der Waals surface area (Å²) in [6.07, 6.45) is 0. The molecule has 0 saturated carbocycles. The average Bonchev–Trinajstić information content (AvgIpc) is 1.96. The highest BCUT2D eigenvalue weighted by Gasteiger charge is 2.15. The predicted molar refractivity (Wildman–Crippen MR) is 50.8 cm³/mol. The lowest BCUT2D eigenvalue weighted by Crippen LogP contribution is -1.91. The molecular formula is C6H2ClFINO2. The van der Waals surface area contributed by atoms with Gasteiger partial charge in [-0.15, -0.1) is 0 Å². The van der Waals surface area contributed by atoms with Crippen LogP contribution in [0.4, 0.5) is 10.1 Å². The van der Waals surface area contributed by atoms with Gasteiger partial charge in [0, 0.05) is 12.1 Å². The van der Waals surface area contributed by atoms with Crippen molar-refractivity contribution in [1.82, 2.24) is 0 Å². The molecule has 0 aliphatic carbocycles. The molecule has 1 rings (SSSR count). The largest absolute Gasteiger partial charge is 0.289 e. The zero-order valence-electron chi connectivity index (χ0n) is 5.55. The van der Waals surface area contributed by atoms with E-state index in [4.69, 9.17) is 11.6 Å². The number of nitro groups is 1. The van der Waals surface area contributed by atoms with Gasteiger partial charge in [0.05, 0.1) is 8.49 Å². The monoisotopic (exact) mass is 301 g/mol. The topological polar surface area (TPSA) is 43.1 Å². The maximum absolute atomic E-state index is 12.7. The van der Waals surface area contributed by atoms with E-state index >= 15 is 0 Å². The molecule has 0 heterocycles. The summed E-state index contributed by atoms with van der Waals surface area (Å²) in [5.41, 5.74) is -0.275. The quantitative estimate of drug-likeness (QED) is 0.346. The third-order valence-corrected chi connectivity index (χ3v) is 2.32. The Labute approximate surface area is 85.8 Å². The molecule has 0 bridgehead atoms. The maximum atomic E-state index is 12.7. The summed E-state index contributed by atoms with van der Waals surface area (Å²) in [6.45, 7) is 0. The van der Waals surface area contributed by atoms with E-state index in [-0.39, 0.29) is 14.3 Å². The Hall–Kier alpha value is -0.430. The Bertz CT molecular complexity index is 345. The van der Waals surface area contributed by atoms with Crippen LogP contribution < -0.4 is 0 Å². The summed E-state index contributed by atoms with van der Waals surface area (Å²) in [5.74, 6) is -0.550. The fourth-order valence-electron chi connectivity index (χ4n) is 0.652. The summed E-state index contributed by atoms with van der Waals surface area (Å²) >= 11 is 7.07. The first kappa shape index (κ1) is 9.66. The highest BCUT2D eigenvalue weighted by Crippen LogP contribution is 2.27. The summed E-state index contributed by atoms with van der Waals surface area (Å²) in [6, 6.07) is 2.03. The summed E-state index contributed by atoms with van der Waals surface area (Å²) in [7, 11) is 0. The number of nitrogens with zero attached hydrogens (tertiary/aromatic N) is 1. The van der Waals surface area contributed by atoms with Gasteiger partial charge >= 0.3 is 0 Å². The maximum Gasteiger partial charge on any atom is 0.289 e. The molecule has 0 aliphatic heterocycles. The van der Waals surface area contributed by atoms with E-state index in [2.05, 4.69) is 0 Å². The normalized spacial score (nSPS) is 9.92. The third-order valence-electron chi connectivity index (χ3n) is 1.19. The molecule has 0 fully saturated rings. The van der Waals surface area contributed by atoms with Crippen LogP contribution in [0.2, 0.25) is 5.02 Å². The van der Waals surface area contributed by atoms with Gasteiger partial charge in [-0.3, -0.25) is 10.1 Å². The Morgan fingerprint density at radius 3 is 2.67 bits per heavy atom. The fraction of sp³-hybridized carbons (Fsp3) is 0. The zero-order chi connectivity index (χ0) is 9.30. The molecule has 0 spiro atoms. The van der Waals surface area contributed by atoms with E-state index in [9.17, 15) is 14.5 Å². The minimum absolute atomic E-state index is 0.182. The van der Waals surface area contributed by atoms with Crippen LogP contribution in [0.5, 0.6) is 0 Å². The lowest BCUT2D eigenvalue weighted by atomic mass is 10.3. The van der Waals surface area contributed by atoms with Gasteiger partial charge in [0.15, 0.2) is 0 Å². The van der Waals surface area contributed by atoms with Crippen molar-refractivity contribution in [3.63, 3.8) is 0 Å².